The lowest BCUT2D eigenvalue weighted by atomic mass is 10.0. The van der Waals surface area contributed by atoms with E-state index in [1.54, 1.807) is 5.30 Å². The fourth-order valence-corrected chi connectivity index (χ4v) is 8.55. The number of benzene rings is 1. The summed E-state index contributed by atoms with van der Waals surface area (Å²) in [5.41, 5.74) is 0. The summed E-state index contributed by atoms with van der Waals surface area (Å²) in [6, 6.07) is 11.6. The smallest absolute Gasteiger partial charge is 0.0240 e. The molecule has 1 aromatic rings. The summed E-state index contributed by atoms with van der Waals surface area (Å²) in [5.74, 6) is 0. The highest BCUT2D eigenvalue weighted by Gasteiger charge is 2.10. The zero-order valence-electron chi connectivity index (χ0n) is 27.0. The highest BCUT2D eigenvalue weighted by atomic mass is 31.1. The van der Waals surface area contributed by atoms with Crippen molar-refractivity contribution in [2.45, 2.75) is 194 Å². The monoisotopic (exact) mass is 559 g/mol. The molecule has 0 fully saturated rings. The first-order valence-corrected chi connectivity index (χ1v) is 19.9. The van der Waals surface area contributed by atoms with Gasteiger partial charge in [-0.15, -0.1) is 0 Å². The Hall–Kier alpha value is -0.350. The number of hydrogen-bond donors (Lipinski definition) is 0. The molecule has 0 amide bonds. The SMILES string of the molecule is CCCCCCCCCCCCCCCCP(CCCCCCCCCCCCCCCC)c1ccccc1. The van der Waals surface area contributed by atoms with Gasteiger partial charge in [0.05, 0.1) is 0 Å². The van der Waals surface area contributed by atoms with E-state index in [4.69, 9.17) is 0 Å². The average molecular weight is 559 g/mol. The Morgan fingerprint density at radius 1 is 0.333 bits per heavy atom. The van der Waals surface area contributed by atoms with Gasteiger partial charge in [0.2, 0.25) is 0 Å². The Bertz CT molecular complexity index is 535. The molecule has 39 heavy (non-hydrogen) atoms. The molecule has 1 aromatic carbocycles. The van der Waals surface area contributed by atoms with E-state index in [0.717, 1.165) is 0 Å². The van der Waals surface area contributed by atoms with Crippen molar-refractivity contribution in [3.05, 3.63) is 30.3 Å². The Morgan fingerprint density at radius 3 is 0.872 bits per heavy atom. The molecular formula is C38H71P. The van der Waals surface area contributed by atoms with Crippen LogP contribution in [0.1, 0.15) is 194 Å². The van der Waals surface area contributed by atoms with Crippen LogP contribution in [0.3, 0.4) is 0 Å². The molecule has 0 spiro atoms. The minimum absolute atomic E-state index is 0.0632. The predicted octanol–water partition coefficient (Wildman–Crippen LogP) is 13.8. The summed E-state index contributed by atoms with van der Waals surface area (Å²) in [6.07, 6.45) is 43.8. The summed E-state index contributed by atoms with van der Waals surface area (Å²) < 4.78 is 0. The lowest BCUT2D eigenvalue weighted by Gasteiger charge is -2.18. The zero-order chi connectivity index (χ0) is 27.9. The van der Waals surface area contributed by atoms with E-state index in [-0.39, 0.29) is 7.92 Å². The standard InChI is InChI=1S/C38H71P/c1-3-5-7-9-11-13-15-17-19-21-23-25-27-32-36-39(38-34-30-29-31-35-38)37-33-28-26-24-22-20-18-16-14-12-10-8-6-4-2/h29-31,34-35H,3-28,32-33,36-37H2,1-2H3. The predicted molar refractivity (Wildman–Crippen MR) is 183 cm³/mol. The van der Waals surface area contributed by atoms with E-state index < -0.39 is 0 Å². The van der Waals surface area contributed by atoms with Crippen molar-refractivity contribution in [2.24, 2.45) is 0 Å². The molecule has 0 heterocycles. The van der Waals surface area contributed by atoms with Gasteiger partial charge in [0.1, 0.15) is 0 Å². The maximum absolute atomic E-state index is 2.42. The van der Waals surface area contributed by atoms with Gasteiger partial charge >= 0.3 is 0 Å². The highest BCUT2D eigenvalue weighted by molar-refractivity contribution is 7.65. The Morgan fingerprint density at radius 2 is 0.590 bits per heavy atom. The molecule has 0 nitrogen and oxygen atoms in total. The maximum Gasteiger partial charge on any atom is -0.0240 e. The van der Waals surface area contributed by atoms with Crippen molar-refractivity contribution in [1.29, 1.82) is 0 Å². The van der Waals surface area contributed by atoms with Gasteiger partial charge in [-0.2, -0.15) is 0 Å². The number of rotatable bonds is 31. The maximum atomic E-state index is 2.42. The Kier molecular flexibility index (Phi) is 28.8. The second kappa shape index (κ2) is 30.6. The van der Waals surface area contributed by atoms with Crippen molar-refractivity contribution < 1.29 is 0 Å². The van der Waals surface area contributed by atoms with Crippen LogP contribution in [-0.4, -0.2) is 12.3 Å². The van der Waals surface area contributed by atoms with Crippen LogP contribution in [-0.2, 0) is 0 Å². The third-order valence-electron chi connectivity index (χ3n) is 8.68. The topological polar surface area (TPSA) is 0 Å². The normalized spacial score (nSPS) is 11.6. The van der Waals surface area contributed by atoms with Crippen LogP contribution in [0, 0.1) is 0 Å². The third-order valence-corrected chi connectivity index (χ3v) is 11.4. The minimum Gasteiger partial charge on any atom is -0.0753 e. The first-order chi connectivity index (χ1) is 19.4. The lowest BCUT2D eigenvalue weighted by molar-refractivity contribution is 0.538. The summed E-state index contributed by atoms with van der Waals surface area (Å²) in [5, 5.41) is 1.66. The molecule has 0 aliphatic carbocycles. The van der Waals surface area contributed by atoms with E-state index in [1.165, 1.54) is 192 Å². The zero-order valence-corrected chi connectivity index (χ0v) is 27.9. The Balaban J connectivity index is 1.99. The van der Waals surface area contributed by atoms with E-state index in [2.05, 4.69) is 44.2 Å². The van der Waals surface area contributed by atoms with Crippen LogP contribution < -0.4 is 5.30 Å². The van der Waals surface area contributed by atoms with E-state index in [9.17, 15) is 0 Å². The van der Waals surface area contributed by atoms with Crippen LogP contribution in [0.15, 0.2) is 30.3 Å². The van der Waals surface area contributed by atoms with Crippen LogP contribution in [0.25, 0.3) is 0 Å². The summed E-state index contributed by atoms with van der Waals surface area (Å²) in [6.45, 7) is 4.62. The molecule has 0 aromatic heterocycles. The molecule has 0 saturated carbocycles. The molecule has 0 atom stereocenters. The van der Waals surface area contributed by atoms with Gasteiger partial charge < -0.3 is 0 Å². The van der Waals surface area contributed by atoms with E-state index in [0.29, 0.717) is 0 Å². The summed E-state index contributed by atoms with van der Waals surface area (Å²) in [4.78, 5) is 0. The average Bonchev–Trinajstić information content (AvgIpc) is 2.96. The molecule has 0 aliphatic heterocycles. The fraction of sp³-hybridized carbons (Fsp3) is 0.842. The molecule has 1 rings (SSSR count). The van der Waals surface area contributed by atoms with Crippen LogP contribution in [0.2, 0.25) is 0 Å². The largest absolute Gasteiger partial charge is 0.0753 e. The van der Waals surface area contributed by atoms with Gasteiger partial charge in [0.25, 0.3) is 0 Å². The second-order valence-electron chi connectivity index (χ2n) is 12.5. The molecule has 228 valence electrons. The molecule has 1 heteroatoms. The summed E-state index contributed by atoms with van der Waals surface area (Å²) >= 11 is 0. The van der Waals surface area contributed by atoms with Gasteiger partial charge in [-0.1, -0.05) is 219 Å². The van der Waals surface area contributed by atoms with Gasteiger partial charge in [-0.25, -0.2) is 0 Å². The van der Waals surface area contributed by atoms with E-state index in [1.807, 2.05) is 0 Å². The molecule has 0 bridgehead atoms. The number of unbranched alkanes of at least 4 members (excludes halogenated alkanes) is 26. The molecule has 0 saturated heterocycles. The fourth-order valence-electron chi connectivity index (χ4n) is 6.00. The molecule has 0 N–H and O–H groups in total. The highest BCUT2D eigenvalue weighted by Crippen LogP contribution is 2.37. The van der Waals surface area contributed by atoms with Crippen LogP contribution in [0.4, 0.5) is 0 Å². The minimum atomic E-state index is 0.0632. The quantitative estimate of drug-likeness (QED) is 0.0628. The number of hydrogen-bond acceptors (Lipinski definition) is 0. The molecule has 0 aliphatic rings. The summed E-state index contributed by atoms with van der Waals surface area (Å²) in [7, 11) is 0.0632. The van der Waals surface area contributed by atoms with Crippen molar-refractivity contribution in [1.82, 2.24) is 0 Å². The van der Waals surface area contributed by atoms with E-state index >= 15 is 0 Å². The molecular weight excluding hydrogens is 487 g/mol. The van der Waals surface area contributed by atoms with Crippen LogP contribution in [0.5, 0.6) is 0 Å². The second-order valence-corrected chi connectivity index (χ2v) is 15.0. The van der Waals surface area contributed by atoms with Gasteiger partial charge in [-0.3, -0.25) is 0 Å². The van der Waals surface area contributed by atoms with Crippen molar-refractivity contribution in [2.75, 3.05) is 12.3 Å². The van der Waals surface area contributed by atoms with Gasteiger partial charge in [-0.05, 0) is 30.5 Å². The van der Waals surface area contributed by atoms with Gasteiger partial charge in [0.15, 0.2) is 0 Å². The molecule has 0 unspecified atom stereocenters. The van der Waals surface area contributed by atoms with Crippen molar-refractivity contribution >= 4 is 13.2 Å². The molecule has 0 radical (unpaired) electrons. The first-order valence-electron chi connectivity index (χ1n) is 18.2. The van der Waals surface area contributed by atoms with Crippen molar-refractivity contribution in [3.63, 3.8) is 0 Å². The van der Waals surface area contributed by atoms with Crippen molar-refractivity contribution in [3.8, 4) is 0 Å². The Labute approximate surface area is 249 Å². The van der Waals surface area contributed by atoms with Gasteiger partial charge in [0, 0.05) is 0 Å². The third kappa shape index (κ3) is 25.1. The first kappa shape index (κ1) is 36.7. The van der Waals surface area contributed by atoms with Crippen LogP contribution >= 0.6 is 7.92 Å². The lowest BCUT2D eigenvalue weighted by Crippen LogP contribution is -2.06.